The van der Waals surface area contributed by atoms with Gasteiger partial charge < -0.3 is 14.2 Å². The van der Waals surface area contributed by atoms with E-state index in [1.54, 1.807) is 19.1 Å². The maximum absolute atomic E-state index is 12.0. The largest absolute Gasteiger partial charge is 0.486 e. The van der Waals surface area contributed by atoms with Gasteiger partial charge in [-0.15, -0.1) is 23.2 Å². The molecule has 4 nitrogen and oxygen atoms in total. The van der Waals surface area contributed by atoms with E-state index in [1.807, 2.05) is 0 Å². The summed E-state index contributed by atoms with van der Waals surface area (Å²) in [7, 11) is 0. The van der Waals surface area contributed by atoms with Gasteiger partial charge in [-0.25, -0.2) is 0 Å². The van der Waals surface area contributed by atoms with E-state index in [0.29, 0.717) is 36.2 Å². The van der Waals surface area contributed by atoms with Crippen LogP contribution >= 0.6 is 34.8 Å². The van der Waals surface area contributed by atoms with Crippen LogP contribution in [-0.4, -0.2) is 23.5 Å². The lowest BCUT2D eigenvalue weighted by Crippen LogP contribution is -2.21. The summed E-state index contributed by atoms with van der Waals surface area (Å²) >= 11 is 18.0. The zero-order valence-corrected chi connectivity index (χ0v) is 13.5. The molecule has 0 bridgehead atoms. The predicted molar refractivity (Wildman–Crippen MR) is 79.4 cm³/mol. The van der Waals surface area contributed by atoms with Crippen molar-refractivity contribution in [2.24, 2.45) is 5.41 Å². The first kappa shape index (κ1) is 15.1. The van der Waals surface area contributed by atoms with Crippen molar-refractivity contribution in [3.05, 3.63) is 22.7 Å². The van der Waals surface area contributed by atoms with Crippen molar-refractivity contribution >= 4 is 40.8 Å². The molecule has 1 atom stereocenters. The fraction of sp³-hybridized carbons (Fsp3) is 0.500. The van der Waals surface area contributed by atoms with E-state index in [-0.39, 0.29) is 6.61 Å². The highest BCUT2D eigenvalue weighted by Gasteiger charge is 2.69. The van der Waals surface area contributed by atoms with E-state index >= 15 is 0 Å². The molecular weight excluding hydrogens is 339 g/mol. The minimum Gasteiger partial charge on any atom is -0.486 e. The zero-order chi connectivity index (χ0) is 15.3. The molecule has 0 saturated heterocycles. The molecule has 0 unspecified atom stereocenters. The maximum atomic E-state index is 12.0. The number of halogens is 3. The van der Waals surface area contributed by atoms with Crippen LogP contribution in [0.25, 0.3) is 0 Å². The van der Waals surface area contributed by atoms with Crippen LogP contribution in [0.15, 0.2) is 12.1 Å². The molecule has 1 aromatic carbocycles. The summed E-state index contributed by atoms with van der Waals surface area (Å²) in [6, 6.07) is 3.43. The molecule has 0 aromatic heterocycles. The highest BCUT2D eigenvalue weighted by molar-refractivity contribution is 6.53. The Morgan fingerprint density at radius 2 is 2.00 bits per heavy atom. The fourth-order valence-corrected chi connectivity index (χ4v) is 3.15. The molecule has 1 heterocycles. The average molecular weight is 352 g/mol. The Morgan fingerprint density at radius 3 is 2.67 bits per heavy atom. The van der Waals surface area contributed by atoms with E-state index in [9.17, 15) is 4.79 Å². The summed E-state index contributed by atoms with van der Waals surface area (Å²) in [6.07, 6.45) is 0.393. The number of carbonyl (C=O) groups excluding carboxylic acids is 1. The van der Waals surface area contributed by atoms with Gasteiger partial charge in [-0.05, 0) is 24.6 Å². The van der Waals surface area contributed by atoms with Crippen molar-refractivity contribution < 1.29 is 19.0 Å². The highest BCUT2D eigenvalue weighted by atomic mass is 35.5. The number of esters is 1. The third-order valence-electron chi connectivity index (χ3n) is 3.73. The number of rotatable bonds is 3. The molecule has 0 spiro atoms. The molecule has 0 N–H and O–H groups in total. The minimum absolute atomic E-state index is 0.0780. The van der Waals surface area contributed by atoms with Gasteiger partial charge in [-0.2, -0.15) is 0 Å². The smallest absolute Gasteiger partial charge is 0.315 e. The molecule has 21 heavy (non-hydrogen) atoms. The van der Waals surface area contributed by atoms with E-state index in [4.69, 9.17) is 49.0 Å². The van der Waals surface area contributed by atoms with Crippen LogP contribution in [0.4, 0.5) is 0 Å². The van der Waals surface area contributed by atoms with Gasteiger partial charge in [0.15, 0.2) is 11.5 Å². The van der Waals surface area contributed by atoms with Crippen LogP contribution in [-0.2, 0) is 16.1 Å². The number of alkyl halides is 2. The first-order chi connectivity index (χ1) is 9.83. The van der Waals surface area contributed by atoms with E-state index < -0.39 is 15.7 Å². The van der Waals surface area contributed by atoms with Crippen LogP contribution in [0.1, 0.15) is 18.9 Å². The van der Waals surface area contributed by atoms with Gasteiger partial charge in [-0.1, -0.05) is 11.6 Å². The predicted octanol–water partition coefficient (Wildman–Crippen LogP) is 3.74. The van der Waals surface area contributed by atoms with Gasteiger partial charge in [-0.3, -0.25) is 4.79 Å². The summed E-state index contributed by atoms with van der Waals surface area (Å²) in [5.41, 5.74) is -0.120. The Hall–Kier alpha value is -0.840. The molecular formula is C14H13Cl3O4. The van der Waals surface area contributed by atoms with Crippen molar-refractivity contribution in [2.45, 2.75) is 24.3 Å². The Balaban J connectivity index is 1.69. The van der Waals surface area contributed by atoms with Gasteiger partial charge in [0.05, 0.1) is 5.02 Å². The van der Waals surface area contributed by atoms with Crippen molar-refractivity contribution in [1.29, 1.82) is 0 Å². The van der Waals surface area contributed by atoms with Crippen LogP contribution in [0.5, 0.6) is 11.5 Å². The molecule has 2 aliphatic rings. The second kappa shape index (κ2) is 5.11. The Kier molecular flexibility index (Phi) is 3.67. The Bertz CT molecular complexity index is 602. The lowest BCUT2D eigenvalue weighted by molar-refractivity contribution is -0.150. The summed E-state index contributed by atoms with van der Waals surface area (Å²) < 4.78 is 15.1. The number of carbonyl (C=O) groups is 1. The quantitative estimate of drug-likeness (QED) is 0.615. The molecule has 0 amide bonds. The number of benzene rings is 1. The Labute approximate surface area is 137 Å². The van der Waals surface area contributed by atoms with Gasteiger partial charge in [0.25, 0.3) is 0 Å². The number of hydrogen-bond donors (Lipinski definition) is 0. The minimum atomic E-state index is -1.03. The van der Waals surface area contributed by atoms with E-state index in [1.165, 1.54) is 0 Å². The van der Waals surface area contributed by atoms with Gasteiger partial charge >= 0.3 is 5.97 Å². The lowest BCUT2D eigenvalue weighted by Gasteiger charge is -2.20. The topological polar surface area (TPSA) is 44.8 Å². The lowest BCUT2D eigenvalue weighted by atomic mass is 10.1. The second-order valence-electron chi connectivity index (χ2n) is 5.39. The van der Waals surface area contributed by atoms with E-state index in [0.717, 1.165) is 5.56 Å². The molecule has 3 rings (SSSR count). The molecule has 1 aliphatic carbocycles. The van der Waals surface area contributed by atoms with Gasteiger partial charge in [0, 0.05) is 6.42 Å². The summed E-state index contributed by atoms with van der Waals surface area (Å²) in [4.78, 5) is 12.0. The molecule has 1 saturated carbocycles. The van der Waals surface area contributed by atoms with Crippen molar-refractivity contribution in [3.8, 4) is 11.5 Å². The van der Waals surface area contributed by atoms with Crippen LogP contribution < -0.4 is 9.47 Å². The molecule has 1 aromatic rings. The van der Waals surface area contributed by atoms with Crippen LogP contribution in [0.3, 0.4) is 0 Å². The second-order valence-corrected chi connectivity index (χ2v) is 7.28. The number of fused-ring (bicyclic) bond motifs is 1. The summed E-state index contributed by atoms with van der Waals surface area (Å²) in [5, 5.41) is 0.430. The number of hydrogen-bond acceptors (Lipinski definition) is 4. The SMILES string of the molecule is C[C@]1(C(=O)OCc2cc(Cl)c3c(c2)OCCO3)CC1(Cl)Cl. The summed E-state index contributed by atoms with van der Waals surface area (Å²) in [6.45, 7) is 2.69. The van der Waals surface area contributed by atoms with Crippen molar-refractivity contribution in [1.82, 2.24) is 0 Å². The molecule has 0 radical (unpaired) electrons. The maximum Gasteiger partial charge on any atom is 0.315 e. The highest BCUT2D eigenvalue weighted by Crippen LogP contribution is 2.64. The summed E-state index contributed by atoms with van der Waals surface area (Å²) in [5.74, 6) is 0.660. The average Bonchev–Trinajstić information content (AvgIpc) is 2.96. The molecule has 1 aliphatic heterocycles. The van der Waals surface area contributed by atoms with Crippen molar-refractivity contribution in [3.63, 3.8) is 0 Å². The van der Waals surface area contributed by atoms with Crippen LogP contribution in [0.2, 0.25) is 5.02 Å². The molecule has 114 valence electrons. The van der Waals surface area contributed by atoms with Crippen molar-refractivity contribution in [2.75, 3.05) is 13.2 Å². The van der Waals surface area contributed by atoms with Crippen LogP contribution in [0, 0.1) is 5.41 Å². The first-order valence-corrected chi connectivity index (χ1v) is 7.60. The van der Waals surface area contributed by atoms with E-state index in [2.05, 4.69) is 0 Å². The third kappa shape index (κ3) is 2.65. The Morgan fingerprint density at radius 1 is 1.33 bits per heavy atom. The zero-order valence-electron chi connectivity index (χ0n) is 11.3. The monoisotopic (exact) mass is 350 g/mol. The molecule has 1 fully saturated rings. The number of ether oxygens (including phenoxy) is 3. The van der Waals surface area contributed by atoms with Gasteiger partial charge in [0.1, 0.15) is 29.6 Å². The molecule has 7 heteroatoms. The first-order valence-electron chi connectivity index (χ1n) is 6.46. The van der Waals surface area contributed by atoms with Gasteiger partial charge in [0.2, 0.25) is 0 Å². The third-order valence-corrected chi connectivity index (χ3v) is 5.12. The standard InChI is InChI=1S/C14H13Cl3O4/c1-13(7-14(13,16)17)12(18)21-6-8-4-9(15)11-10(5-8)19-2-3-20-11/h4-5H,2-3,6-7H2,1H3/t13-/m1/s1. The fourth-order valence-electron chi connectivity index (χ4n) is 2.18. The normalized spacial score (nSPS) is 25.3.